The van der Waals surface area contributed by atoms with E-state index in [4.69, 9.17) is 18.9 Å². The lowest BCUT2D eigenvalue weighted by atomic mass is 10.0. The Kier molecular flexibility index (Phi) is 12.5. The van der Waals surface area contributed by atoms with Crippen LogP contribution in [0, 0.1) is 0 Å². The molecule has 0 unspecified atom stereocenters. The molecule has 0 aromatic rings. The van der Waals surface area contributed by atoms with Gasteiger partial charge in [0.1, 0.15) is 0 Å². The highest BCUT2D eigenvalue weighted by molar-refractivity contribution is 4.68. The van der Waals surface area contributed by atoms with Gasteiger partial charge in [-0.1, -0.05) is 6.92 Å². The predicted octanol–water partition coefficient (Wildman–Crippen LogP) is 4.13. The second kappa shape index (κ2) is 12.6. The van der Waals surface area contributed by atoms with Crippen molar-refractivity contribution in [3.8, 4) is 0 Å². The van der Waals surface area contributed by atoms with Crippen LogP contribution in [0.4, 0.5) is 0 Å². The molecular weight excluding hydrogens is 256 g/mol. The molecule has 0 atom stereocenters. The normalized spacial score (nSPS) is 12.3. The first-order chi connectivity index (χ1) is 9.67. The summed E-state index contributed by atoms with van der Waals surface area (Å²) in [5.74, 6) is -0.407. The third-order valence-electron chi connectivity index (χ3n) is 3.31. The topological polar surface area (TPSA) is 36.9 Å². The van der Waals surface area contributed by atoms with Crippen LogP contribution in [0.5, 0.6) is 0 Å². The zero-order valence-electron chi connectivity index (χ0n) is 14.1. The Morgan fingerprint density at radius 3 is 1.70 bits per heavy atom. The van der Waals surface area contributed by atoms with Gasteiger partial charge in [0.25, 0.3) is 0 Å². The molecule has 0 rings (SSSR count). The summed E-state index contributed by atoms with van der Waals surface area (Å²) >= 11 is 0. The maximum atomic E-state index is 5.84. The van der Waals surface area contributed by atoms with E-state index < -0.39 is 5.79 Å². The average Bonchev–Trinajstić information content (AvgIpc) is 2.44. The summed E-state index contributed by atoms with van der Waals surface area (Å²) < 4.78 is 22.8. The maximum absolute atomic E-state index is 5.84. The highest BCUT2D eigenvalue weighted by Crippen LogP contribution is 2.25. The Morgan fingerprint density at radius 1 is 0.750 bits per heavy atom. The first-order valence-corrected chi connectivity index (χ1v) is 8.19. The molecule has 0 aliphatic heterocycles. The van der Waals surface area contributed by atoms with Crippen LogP contribution in [-0.4, -0.2) is 38.5 Å². The second-order valence-corrected chi connectivity index (χ2v) is 4.72. The Balaban J connectivity index is 4.08. The Hall–Kier alpha value is -0.160. The Bertz CT molecular complexity index is 197. The van der Waals surface area contributed by atoms with Gasteiger partial charge in [-0.3, -0.25) is 0 Å². The molecule has 0 saturated carbocycles. The highest BCUT2D eigenvalue weighted by atomic mass is 16.7. The van der Waals surface area contributed by atoms with Gasteiger partial charge in [0, 0.05) is 32.8 Å². The van der Waals surface area contributed by atoms with Crippen LogP contribution in [0.1, 0.15) is 66.7 Å². The van der Waals surface area contributed by atoms with Gasteiger partial charge in [0.05, 0.1) is 0 Å². The molecule has 0 aliphatic rings. The SMILES string of the molecule is CCOC(CCCCC(CC)(OCC)OCC)OCC. The molecular formula is C16H34O4. The molecule has 0 aliphatic carbocycles. The van der Waals surface area contributed by atoms with Gasteiger partial charge in [0.2, 0.25) is 0 Å². The molecule has 0 bridgehead atoms. The zero-order valence-corrected chi connectivity index (χ0v) is 14.1. The third-order valence-corrected chi connectivity index (χ3v) is 3.31. The van der Waals surface area contributed by atoms with Crippen molar-refractivity contribution >= 4 is 0 Å². The molecule has 0 radical (unpaired) electrons. The monoisotopic (exact) mass is 290 g/mol. The summed E-state index contributed by atoms with van der Waals surface area (Å²) in [6, 6.07) is 0. The van der Waals surface area contributed by atoms with Crippen LogP contribution >= 0.6 is 0 Å². The molecule has 0 aromatic heterocycles. The molecule has 0 N–H and O–H groups in total. The van der Waals surface area contributed by atoms with Gasteiger partial charge >= 0.3 is 0 Å². The lowest BCUT2D eigenvalue weighted by molar-refractivity contribution is -0.239. The lowest BCUT2D eigenvalue weighted by Crippen LogP contribution is -2.35. The number of rotatable bonds is 14. The van der Waals surface area contributed by atoms with Gasteiger partial charge in [-0.05, 0) is 53.4 Å². The smallest absolute Gasteiger partial charge is 0.167 e. The van der Waals surface area contributed by atoms with E-state index in [0.717, 1.165) is 32.1 Å². The van der Waals surface area contributed by atoms with E-state index in [9.17, 15) is 0 Å². The van der Waals surface area contributed by atoms with Crippen LogP contribution in [0.25, 0.3) is 0 Å². The number of unbranched alkanes of at least 4 members (excludes halogenated alkanes) is 1. The van der Waals surface area contributed by atoms with E-state index in [0.29, 0.717) is 26.4 Å². The summed E-state index contributed by atoms with van der Waals surface area (Å²) in [6.45, 7) is 12.9. The van der Waals surface area contributed by atoms with E-state index in [2.05, 4.69) is 6.92 Å². The van der Waals surface area contributed by atoms with Gasteiger partial charge in [-0.15, -0.1) is 0 Å². The highest BCUT2D eigenvalue weighted by Gasteiger charge is 2.28. The molecule has 4 heteroatoms. The molecule has 0 fully saturated rings. The molecule has 0 saturated heterocycles. The van der Waals surface area contributed by atoms with E-state index in [1.807, 2.05) is 27.7 Å². The number of hydrogen-bond donors (Lipinski definition) is 0. The van der Waals surface area contributed by atoms with Gasteiger partial charge in [0.15, 0.2) is 12.1 Å². The van der Waals surface area contributed by atoms with Crippen LogP contribution in [0.15, 0.2) is 0 Å². The summed E-state index contributed by atoms with van der Waals surface area (Å²) in [5.41, 5.74) is 0. The minimum Gasteiger partial charge on any atom is -0.353 e. The summed E-state index contributed by atoms with van der Waals surface area (Å²) in [7, 11) is 0. The van der Waals surface area contributed by atoms with E-state index in [1.54, 1.807) is 0 Å². The van der Waals surface area contributed by atoms with E-state index in [-0.39, 0.29) is 6.29 Å². The molecule has 0 spiro atoms. The fraction of sp³-hybridized carbons (Fsp3) is 1.00. The molecule has 0 heterocycles. The molecule has 122 valence electrons. The van der Waals surface area contributed by atoms with Crippen LogP contribution in [0.2, 0.25) is 0 Å². The zero-order chi connectivity index (χ0) is 15.3. The van der Waals surface area contributed by atoms with Crippen molar-refractivity contribution in [2.24, 2.45) is 0 Å². The van der Waals surface area contributed by atoms with E-state index >= 15 is 0 Å². The van der Waals surface area contributed by atoms with Crippen molar-refractivity contribution < 1.29 is 18.9 Å². The fourth-order valence-corrected chi connectivity index (χ4v) is 2.38. The number of ether oxygens (including phenoxy) is 4. The van der Waals surface area contributed by atoms with Crippen molar-refractivity contribution in [1.82, 2.24) is 0 Å². The summed E-state index contributed by atoms with van der Waals surface area (Å²) in [5, 5.41) is 0. The summed E-state index contributed by atoms with van der Waals surface area (Å²) in [6.07, 6.45) is 4.79. The Labute approximate surface area is 125 Å². The van der Waals surface area contributed by atoms with Gasteiger partial charge in [-0.2, -0.15) is 0 Å². The fourth-order valence-electron chi connectivity index (χ4n) is 2.38. The standard InChI is InChI=1S/C16H34O4/c1-6-16(19-9-4,20-10-5)14-12-11-13-15(17-7-2)18-8-3/h15H,6-14H2,1-5H3. The average molecular weight is 290 g/mol. The van der Waals surface area contributed by atoms with E-state index in [1.165, 1.54) is 0 Å². The molecule has 4 nitrogen and oxygen atoms in total. The maximum Gasteiger partial charge on any atom is 0.167 e. The first kappa shape index (κ1) is 19.8. The van der Waals surface area contributed by atoms with Crippen molar-refractivity contribution in [3.63, 3.8) is 0 Å². The molecule has 20 heavy (non-hydrogen) atoms. The lowest BCUT2D eigenvalue weighted by Gasteiger charge is -2.32. The van der Waals surface area contributed by atoms with Gasteiger partial charge in [-0.25, -0.2) is 0 Å². The second-order valence-electron chi connectivity index (χ2n) is 4.72. The minimum absolute atomic E-state index is 0.0692. The third kappa shape index (κ3) is 8.20. The summed E-state index contributed by atoms with van der Waals surface area (Å²) in [4.78, 5) is 0. The van der Waals surface area contributed by atoms with Crippen LogP contribution in [0.3, 0.4) is 0 Å². The predicted molar refractivity (Wildman–Crippen MR) is 81.8 cm³/mol. The van der Waals surface area contributed by atoms with Crippen molar-refractivity contribution in [2.45, 2.75) is 78.8 Å². The number of hydrogen-bond acceptors (Lipinski definition) is 4. The van der Waals surface area contributed by atoms with Crippen molar-refractivity contribution in [1.29, 1.82) is 0 Å². The van der Waals surface area contributed by atoms with Crippen LogP contribution in [-0.2, 0) is 18.9 Å². The quantitative estimate of drug-likeness (QED) is 0.356. The minimum atomic E-state index is -0.407. The largest absolute Gasteiger partial charge is 0.353 e. The Morgan fingerprint density at radius 2 is 1.30 bits per heavy atom. The van der Waals surface area contributed by atoms with Crippen molar-refractivity contribution in [3.05, 3.63) is 0 Å². The molecule has 0 aromatic carbocycles. The van der Waals surface area contributed by atoms with Crippen LogP contribution < -0.4 is 0 Å². The van der Waals surface area contributed by atoms with Crippen molar-refractivity contribution in [2.75, 3.05) is 26.4 Å². The first-order valence-electron chi connectivity index (χ1n) is 8.19. The molecule has 0 amide bonds. The van der Waals surface area contributed by atoms with Gasteiger partial charge < -0.3 is 18.9 Å².